The van der Waals surface area contributed by atoms with Crippen LogP contribution in [0.2, 0.25) is 0 Å². The summed E-state index contributed by atoms with van der Waals surface area (Å²) >= 11 is 0. The topological polar surface area (TPSA) is 50.5 Å². The van der Waals surface area contributed by atoms with Crippen LogP contribution in [0.3, 0.4) is 0 Å². The molecule has 2 rings (SSSR count). The SMILES string of the molecule is COCCN(C)c1ccc(NCc2ccco2)nc1. The van der Waals surface area contributed by atoms with Crippen molar-refractivity contribution in [3.05, 3.63) is 42.5 Å². The zero-order valence-corrected chi connectivity index (χ0v) is 11.3. The second-order valence-electron chi connectivity index (χ2n) is 4.25. The van der Waals surface area contributed by atoms with Crippen LogP contribution >= 0.6 is 0 Å². The molecular weight excluding hydrogens is 242 g/mol. The van der Waals surface area contributed by atoms with E-state index in [-0.39, 0.29) is 0 Å². The van der Waals surface area contributed by atoms with E-state index in [1.54, 1.807) is 13.4 Å². The Morgan fingerprint density at radius 1 is 1.37 bits per heavy atom. The Bertz CT molecular complexity index is 468. The summed E-state index contributed by atoms with van der Waals surface area (Å²) in [7, 11) is 3.72. The van der Waals surface area contributed by atoms with Crippen molar-refractivity contribution in [2.24, 2.45) is 0 Å². The summed E-state index contributed by atoms with van der Waals surface area (Å²) in [6, 6.07) is 7.80. The maximum absolute atomic E-state index is 5.25. The van der Waals surface area contributed by atoms with Crippen molar-refractivity contribution in [1.29, 1.82) is 0 Å². The Morgan fingerprint density at radius 3 is 2.89 bits per heavy atom. The molecule has 0 aliphatic carbocycles. The van der Waals surface area contributed by atoms with Gasteiger partial charge < -0.3 is 19.4 Å². The molecule has 0 saturated heterocycles. The summed E-state index contributed by atoms with van der Waals surface area (Å²) in [5.74, 6) is 1.73. The number of ether oxygens (including phenoxy) is 1. The largest absolute Gasteiger partial charge is 0.467 e. The molecule has 0 bridgehead atoms. The molecule has 0 fully saturated rings. The highest BCUT2D eigenvalue weighted by Crippen LogP contribution is 2.14. The van der Waals surface area contributed by atoms with Gasteiger partial charge in [0.25, 0.3) is 0 Å². The number of nitrogens with one attached hydrogen (secondary N) is 1. The Morgan fingerprint density at radius 2 is 2.26 bits per heavy atom. The maximum atomic E-state index is 5.25. The van der Waals surface area contributed by atoms with Crippen LogP contribution in [-0.4, -0.2) is 32.3 Å². The predicted molar refractivity (Wildman–Crippen MR) is 75.4 cm³/mol. The summed E-state index contributed by atoms with van der Waals surface area (Å²) in [5, 5.41) is 3.21. The van der Waals surface area contributed by atoms with E-state index < -0.39 is 0 Å². The van der Waals surface area contributed by atoms with Gasteiger partial charge in [-0.3, -0.25) is 0 Å². The monoisotopic (exact) mass is 261 g/mol. The fraction of sp³-hybridized carbons (Fsp3) is 0.357. The minimum absolute atomic E-state index is 0.638. The number of hydrogen-bond acceptors (Lipinski definition) is 5. The van der Waals surface area contributed by atoms with Crippen molar-refractivity contribution in [1.82, 2.24) is 4.98 Å². The van der Waals surface area contributed by atoms with Crippen molar-refractivity contribution in [2.45, 2.75) is 6.54 Å². The van der Waals surface area contributed by atoms with Crippen molar-refractivity contribution in [3.8, 4) is 0 Å². The highest BCUT2D eigenvalue weighted by molar-refractivity contribution is 5.48. The second-order valence-corrected chi connectivity index (χ2v) is 4.25. The van der Waals surface area contributed by atoms with E-state index in [4.69, 9.17) is 9.15 Å². The number of nitrogens with zero attached hydrogens (tertiary/aromatic N) is 2. The molecule has 2 aromatic heterocycles. The third kappa shape index (κ3) is 3.99. The number of methoxy groups -OCH3 is 1. The molecule has 5 nitrogen and oxygen atoms in total. The minimum atomic E-state index is 0.638. The number of hydrogen-bond donors (Lipinski definition) is 1. The van der Waals surface area contributed by atoms with Crippen molar-refractivity contribution in [2.75, 3.05) is 37.5 Å². The molecule has 2 aromatic rings. The molecule has 0 atom stereocenters. The van der Waals surface area contributed by atoms with Gasteiger partial charge >= 0.3 is 0 Å². The van der Waals surface area contributed by atoms with Crippen LogP contribution < -0.4 is 10.2 Å². The lowest BCUT2D eigenvalue weighted by molar-refractivity contribution is 0.206. The summed E-state index contributed by atoms with van der Waals surface area (Å²) in [6.07, 6.45) is 3.51. The number of aromatic nitrogens is 1. The third-order valence-electron chi connectivity index (χ3n) is 2.84. The van der Waals surface area contributed by atoms with Gasteiger partial charge in [-0.15, -0.1) is 0 Å². The summed E-state index contributed by atoms with van der Waals surface area (Å²) in [4.78, 5) is 6.48. The zero-order chi connectivity index (χ0) is 13.5. The van der Waals surface area contributed by atoms with E-state index in [0.717, 1.165) is 23.8 Å². The Labute approximate surface area is 113 Å². The van der Waals surface area contributed by atoms with Crippen molar-refractivity contribution in [3.63, 3.8) is 0 Å². The van der Waals surface area contributed by atoms with E-state index in [0.29, 0.717) is 13.2 Å². The van der Waals surface area contributed by atoms with E-state index in [9.17, 15) is 0 Å². The third-order valence-corrected chi connectivity index (χ3v) is 2.84. The molecule has 5 heteroatoms. The van der Waals surface area contributed by atoms with Gasteiger partial charge in [-0.05, 0) is 24.3 Å². The predicted octanol–water partition coefficient (Wildman–Crippen LogP) is 2.37. The van der Waals surface area contributed by atoms with Crippen LogP contribution in [0.25, 0.3) is 0 Å². The molecule has 0 aliphatic rings. The lowest BCUT2D eigenvalue weighted by Crippen LogP contribution is -2.22. The average molecular weight is 261 g/mol. The van der Waals surface area contributed by atoms with Gasteiger partial charge in [-0.2, -0.15) is 0 Å². The first-order chi connectivity index (χ1) is 9.29. The Hall–Kier alpha value is -2.01. The van der Waals surface area contributed by atoms with Gasteiger partial charge in [0.05, 0.1) is 31.3 Å². The number of rotatable bonds is 7. The summed E-state index contributed by atoms with van der Waals surface area (Å²) in [6.45, 7) is 2.19. The highest BCUT2D eigenvalue weighted by atomic mass is 16.5. The summed E-state index contributed by atoms with van der Waals surface area (Å²) < 4.78 is 10.3. The molecule has 102 valence electrons. The van der Waals surface area contributed by atoms with Crippen LogP contribution in [0.1, 0.15) is 5.76 Å². The molecule has 0 aliphatic heterocycles. The zero-order valence-electron chi connectivity index (χ0n) is 11.3. The van der Waals surface area contributed by atoms with Crippen molar-refractivity contribution >= 4 is 11.5 Å². The highest BCUT2D eigenvalue weighted by Gasteiger charge is 2.02. The smallest absolute Gasteiger partial charge is 0.126 e. The second kappa shape index (κ2) is 6.80. The van der Waals surface area contributed by atoms with Crippen LogP contribution in [0.4, 0.5) is 11.5 Å². The first-order valence-electron chi connectivity index (χ1n) is 6.22. The first kappa shape index (κ1) is 13.4. The molecule has 0 unspecified atom stereocenters. The van der Waals surface area contributed by atoms with Crippen LogP contribution in [0, 0.1) is 0 Å². The standard InChI is InChI=1S/C14H19N3O2/c1-17(7-9-18-2)12-5-6-14(15-10-12)16-11-13-4-3-8-19-13/h3-6,8,10H,7,9,11H2,1-2H3,(H,15,16). The van der Waals surface area contributed by atoms with Gasteiger partial charge in [0.2, 0.25) is 0 Å². The summed E-state index contributed by atoms with van der Waals surface area (Å²) in [5.41, 5.74) is 1.07. The number of furan rings is 1. The first-order valence-corrected chi connectivity index (χ1v) is 6.22. The molecule has 1 N–H and O–H groups in total. The average Bonchev–Trinajstić information content (AvgIpc) is 2.96. The van der Waals surface area contributed by atoms with E-state index in [2.05, 4.69) is 15.2 Å². The minimum Gasteiger partial charge on any atom is -0.467 e. The van der Waals surface area contributed by atoms with Gasteiger partial charge in [-0.1, -0.05) is 0 Å². The molecule has 2 heterocycles. The van der Waals surface area contributed by atoms with Crippen LogP contribution in [0.5, 0.6) is 0 Å². The number of likely N-dealkylation sites (N-methyl/N-ethyl adjacent to an activating group) is 1. The van der Waals surface area contributed by atoms with Crippen molar-refractivity contribution < 1.29 is 9.15 Å². The molecular formula is C14H19N3O2. The fourth-order valence-electron chi connectivity index (χ4n) is 1.66. The van der Waals surface area contributed by atoms with Gasteiger partial charge in [-0.25, -0.2) is 4.98 Å². The van der Waals surface area contributed by atoms with Gasteiger partial charge in [0.15, 0.2) is 0 Å². The molecule has 0 radical (unpaired) electrons. The van der Waals surface area contributed by atoms with Crippen LogP contribution in [-0.2, 0) is 11.3 Å². The molecule has 0 aromatic carbocycles. The number of pyridine rings is 1. The normalized spacial score (nSPS) is 10.4. The van der Waals surface area contributed by atoms with Gasteiger partial charge in [0, 0.05) is 20.7 Å². The van der Waals surface area contributed by atoms with E-state index in [1.807, 2.05) is 37.5 Å². The quantitative estimate of drug-likeness (QED) is 0.829. The fourth-order valence-corrected chi connectivity index (χ4v) is 1.66. The molecule has 19 heavy (non-hydrogen) atoms. The lowest BCUT2D eigenvalue weighted by atomic mass is 10.3. The number of anilines is 2. The lowest BCUT2D eigenvalue weighted by Gasteiger charge is -2.18. The van der Waals surface area contributed by atoms with Gasteiger partial charge in [0.1, 0.15) is 11.6 Å². The Balaban J connectivity index is 1.87. The van der Waals surface area contributed by atoms with E-state index in [1.165, 1.54) is 0 Å². The molecule has 0 spiro atoms. The Kier molecular flexibility index (Phi) is 4.80. The van der Waals surface area contributed by atoms with E-state index >= 15 is 0 Å². The molecule has 0 saturated carbocycles. The maximum Gasteiger partial charge on any atom is 0.126 e. The van der Waals surface area contributed by atoms with Crippen LogP contribution in [0.15, 0.2) is 41.1 Å². The molecule has 0 amide bonds.